The smallest absolute Gasteiger partial charge is 0.236 e. The predicted molar refractivity (Wildman–Crippen MR) is 102 cm³/mol. The number of benzene rings is 1. The minimum atomic E-state index is -0.461. The standard InChI is InChI=1S/C17H25N3O3.2ClH/c1-12(18)17(21)19-13-5-4-8-20(9-13)10-14-11-22-15-6-2-3-7-16(15)23-14;;/h2-3,6-7,12-14H,4-5,8-11,18H2,1H3,(H,19,21);2*1H/t12?,13-,14-;;/m0../s1. The molecule has 2 aliphatic rings. The number of nitrogens with zero attached hydrogens (tertiary/aromatic N) is 1. The van der Waals surface area contributed by atoms with Crippen molar-refractivity contribution in [2.75, 3.05) is 26.2 Å². The van der Waals surface area contributed by atoms with E-state index >= 15 is 0 Å². The number of nitrogens with two attached hydrogens (primary N) is 1. The quantitative estimate of drug-likeness (QED) is 0.814. The van der Waals surface area contributed by atoms with Gasteiger partial charge in [0.05, 0.1) is 6.04 Å². The predicted octanol–water partition coefficient (Wildman–Crippen LogP) is 1.60. The largest absolute Gasteiger partial charge is 0.486 e. The van der Waals surface area contributed by atoms with Crippen molar-refractivity contribution in [3.05, 3.63) is 24.3 Å². The minimum Gasteiger partial charge on any atom is -0.486 e. The molecule has 0 bridgehead atoms. The number of rotatable bonds is 4. The lowest BCUT2D eigenvalue weighted by Gasteiger charge is -2.36. The number of hydrogen-bond acceptors (Lipinski definition) is 5. The topological polar surface area (TPSA) is 76.8 Å². The maximum Gasteiger partial charge on any atom is 0.236 e. The Morgan fingerprint density at radius 3 is 2.80 bits per heavy atom. The van der Waals surface area contributed by atoms with Crippen LogP contribution in [-0.4, -0.2) is 55.2 Å². The minimum absolute atomic E-state index is 0. The molecule has 142 valence electrons. The summed E-state index contributed by atoms with van der Waals surface area (Å²) in [5.74, 6) is 1.54. The summed E-state index contributed by atoms with van der Waals surface area (Å²) in [6.07, 6.45) is 2.08. The SMILES string of the molecule is CC(N)C(=O)N[C@H]1CCCN(C[C@H]2COc3ccccc3O2)C1.Cl.Cl. The first-order valence-electron chi connectivity index (χ1n) is 8.28. The number of likely N-dealkylation sites (tertiary alicyclic amines) is 1. The Labute approximate surface area is 161 Å². The summed E-state index contributed by atoms with van der Waals surface area (Å²) in [6.45, 7) is 4.93. The Balaban J connectivity index is 0.00000156. The number of hydrogen-bond donors (Lipinski definition) is 2. The number of ether oxygens (including phenoxy) is 2. The second kappa shape index (κ2) is 10.1. The van der Waals surface area contributed by atoms with Crippen LogP contribution in [-0.2, 0) is 4.79 Å². The van der Waals surface area contributed by atoms with Crippen molar-refractivity contribution in [3.8, 4) is 11.5 Å². The van der Waals surface area contributed by atoms with Crippen LogP contribution in [0.5, 0.6) is 11.5 Å². The van der Waals surface area contributed by atoms with E-state index in [2.05, 4.69) is 10.2 Å². The molecule has 2 heterocycles. The average Bonchev–Trinajstić information content (AvgIpc) is 2.55. The van der Waals surface area contributed by atoms with Gasteiger partial charge in [-0.2, -0.15) is 0 Å². The van der Waals surface area contributed by atoms with E-state index in [1.54, 1.807) is 6.92 Å². The molecule has 8 heteroatoms. The van der Waals surface area contributed by atoms with Gasteiger partial charge in [-0.05, 0) is 38.4 Å². The van der Waals surface area contributed by atoms with E-state index in [1.165, 1.54) is 0 Å². The highest BCUT2D eigenvalue weighted by Crippen LogP contribution is 2.31. The number of amides is 1. The first-order chi connectivity index (χ1) is 11.1. The molecule has 2 aliphatic heterocycles. The van der Waals surface area contributed by atoms with Gasteiger partial charge < -0.3 is 20.5 Å². The van der Waals surface area contributed by atoms with Crippen molar-refractivity contribution >= 4 is 30.7 Å². The Morgan fingerprint density at radius 1 is 1.36 bits per heavy atom. The number of piperidine rings is 1. The van der Waals surface area contributed by atoms with Crippen LogP contribution < -0.4 is 20.5 Å². The molecule has 1 saturated heterocycles. The van der Waals surface area contributed by atoms with Gasteiger partial charge >= 0.3 is 0 Å². The maximum atomic E-state index is 11.7. The number of para-hydroxylation sites is 2. The Bertz CT molecular complexity index is 560. The normalized spacial score (nSPS) is 23.6. The molecule has 1 aromatic carbocycles. The van der Waals surface area contributed by atoms with Crippen molar-refractivity contribution in [1.82, 2.24) is 10.2 Å². The molecule has 0 radical (unpaired) electrons. The molecule has 1 amide bonds. The zero-order chi connectivity index (χ0) is 16.2. The van der Waals surface area contributed by atoms with Gasteiger partial charge in [0.15, 0.2) is 11.5 Å². The molecule has 1 aromatic rings. The molecule has 1 fully saturated rings. The van der Waals surface area contributed by atoms with Gasteiger partial charge in [-0.3, -0.25) is 9.69 Å². The molecule has 25 heavy (non-hydrogen) atoms. The van der Waals surface area contributed by atoms with Crippen LogP contribution in [0.3, 0.4) is 0 Å². The lowest BCUT2D eigenvalue weighted by atomic mass is 10.0. The average molecular weight is 392 g/mol. The first-order valence-corrected chi connectivity index (χ1v) is 8.28. The molecule has 0 saturated carbocycles. The summed E-state index contributed by atoms with van der Waals surface area (Å²) in [5, 5.41) is 3.02. The van der Waals surface area contributed by atoms with Crippen molar-refractivity contribution in [1.29, 1.82) is 0 Å². The van der Waals surface area contributed by atoms with Gasteiger partial charge in [-0.15, -0.1) is 24.8 Å². The van der Waals surface area contributed by atoms with Gasteiger partial charge in [0, 0.05) is 19.1 Å². The van der Waals surface area contributed by atoms with Gasteiger partial charge in [0.2, 0.25) is 5.91 Å². The second-order valence-electron chi connectivity index (χ2n) is 6.39. The fourth-order valence-electron chi connectivity index (χ4n) is 3.11. The highest BCUT2D eigenvalue weighted by Gasteiger charge is 2.27. The Hall–Kier alpha value is -1.21. The van der Waals surface area contributed by atoms with Crippen molar-refractivity contribution in [2.45, 2.75) is 38.0 Å². The summed E-state index contributed by atoms with van der Waals surface area (Å²) >= 11 is 0. The molecular formula is C17H27Cl2N3O3. The van der Waals surface area contributed by atoms with Crippen LogP contribution in [0.4, 0.5) is 0 Å². The van der Waals surface area contributed by atoms with E-state index in [9.17, 15) is 4.79 Å². The molecule has 3 rings (SSSR count). The summed E-state index contributed by atoms with van der Waals surface area (Å²) < 4.78 is 11.8. The zero-order valence-electron chi connectivity index (χ0n) is 14.3. The highest BCUT2D eigenvalue weighted by atomic mass is 35.5. The summed E-state index contributed by atoms with van der Waals surface area (Å²) in [4.78, 5) is 14.1. The Morgan fingerprint density at radius 2 is 2.08 bits per heavy atom. The van der Waals surface area contributed by atoms with E-state index < -0.39 is 6.04 Å². The molecule has 3 atom stereocenters. The fraction of sp³-hybridized carbons (Fsp3) is 0.588. The van der Waals surface area contributed by atoms with Gasteiger partial charge in [-0.25, -0.2) is 0 Å². The lowest BCUT2D eigenvalue weighted by Crippen LogP contribution is -2.53. The van der Waals surface area contributed by atoms with Gasteiger partial charge in [0.25, 0.3) is 0 Å². The van der Waals surface area contributed by atoms with E-state index in [1.807, 2.05) is 24.3 Å². The number of carbonyl (C=O) groups excluding carboxylic acids is 1. The third-order valence-corrected chi connectivity index (χ3v) is 4.29. The molecule has 0 aliphatic carbocycles. The van der Waals surface area contributed by atoms with Gasteiger partial charge in [-0.1, -0.05) is 12.1 Å². The molecule has 0 spiro atoms. The molecule has 1 unspecified atom stereocenters. The van der Waals surface area contributed by atoms with Crippen molar-refractivity contribution in [3.63, 3.8) is 0 Å². The molecule has 0 aromatic heterocycles. The van der Waals surface area contributed by atoms with E-state index in [0.717, 1.165) is 44.0 Å². The third kappa shape index (κ3) is 5.92. The van der Waals surface area contributed by atoms with Crippen molar-refractivity contribution in [2.24, 2.45) is 5.73 Å². The number of nitrogens with one attached hydrogen (secondary N) is 1. The second-order valence-corrected chi connectivity index (χ2v) is 6.39. The monoisotopic (exact) mass is 391 g/mol. The summed E-state index contributed by atoms with van der Waals surface area (Å²) in [7, 11) is 0. The van der Waals surface area contributed by atoms with E-state index in [-0.39, 0.29) is 42.9 Å². The molecular weight excluding hydrogens is 365 g/mol. The lowest BCUT2D eigenvalue weighted by molar-refractivity contribution is -0.123. The van der Waals surface area contributed by atoms with Crippen molar-refractivity contribution < 1.29 is 14.3 Å². The molecule has 6 nitrogen and oxygen atoms in total. The van der Waals surface area contributed by atoms with Crippen LogP contribution in [0.25, 0.3) is 0 Å². The van der Waals surface area contributed by atoms with E-state index in [0.29, 0.717) is 6.61 Å². The summed E-state index contributed by atoms with van der Waals surface area (Å²) in [5.41, 5.74) is 5.62. The van der Waals surface area contributed by atoms with E-state index in [4.69, 9.17) is 15.2 Å². The number of carbonyl (C=O) groups is 1. The van der Waals surface area contributed by atoms with Crippen LogP contribution in [0.1, 0.15) is 19.8 Å². The Kier molecular flexibility index (Phi) is 8.79. The molecule has 3 N–H and O–H groups in total. The third-order valence-electron chi connectivity index (χ3n) is 4.29. The van der Waals surface area contributed by atoms with Crippen LogP contribution in [0.15, 0.2) is 24.3 Å². The van der Waals surface area contributed by atoms with Crippen LogP contribution in [0.2, 0.25) is 0 Å². The van der Waals surface area contributed by atoms with Crippen LogP contribution in [0, 0.1) is 0 Å². The van der Waals surface area contributed by atoms with Gasteiger partial charge in [0.1, 0.15) is 12.7 Å². The summed E-state index contributed by atoms with van der Waals surface area (Å²) in [6, 6.07) is 7.45. The number of fused-ring (bicyclic) bond motifs is 1. The zero-order valence-corrected chi connectivity index (χ0v) is 16.0. The number of halogens is 2. The fourth-order valence-corrected chi connectivity index (χ4v) is 3.11. The maximum absolute atomic E-state index is 11.7. The van der Waals surface area contributed by atoms with Crippen LogP contribution >= 0.6 is 24.8 Å². The first kappa shape index (κ1) is 21.8. The highest BCUT2D eigenvalue weighted by molar-refractivity contribution is 5.85.